The summed E-state index contributed by atoms with van der Waals surface area (Å²) in [5.41, 5.74) is 4.63. The molecule has 3 N–H and O–H groups in total. The van der Waals surface area contributed by atoms with E-state index < -0.39 is 0 Å². The number of hydrogen-bond donors (Lipinski definition) is 3. The summed E-state index contributed by atoms with van der Waals surface area (Å²) in [5, 5.41) is 7.84. The average Bonchev–Trinajstić information content (AvgIpc) is 3.48. The number of nitrogens with zero attached hydrogens (tertiary/aromatic N) is 1. The summed E-state index contributed by atoms with van der Waals surface area (Å²) in [7, 11) is 3.60. The monoisotopic (exact) mass is 492 g/mol. The number of fused-ring (bicyclic) bond motifs is 2. The molecule has 7 heteroatoms. The molecule has 0 aliphatic carbocycles. The third kappa shape index (κ3) is 5.11. The molecule has 0 spiro atoms. The number of benzene rings is 3. The Morgan fingerprint density at radius 1 is 1.00 bits per heavy atom. The molecule has 7 nitrogen and oxygen atoms in total. The summed E-state index contributed by atoms with van der Waals surface area (Å²) in [6, 6.07) is 22.7. The molecule has 186 valence electrons. The first kappa shape index (κ1) is 23.9. The molecule has 0 bridgehead atoms. The third-order valence-electron chi connectivity index (χ3n) is 6.41. The molecule has 5 aromatic rings. The molecule has 0 saturated heterocycles. The van der Waals surface area contributed by atoms with Gasteiger partial charge in [0.25, 0.3) is 11.8 Å². The molecule has 37 heavy (non-hydrogen) atoms. The van der Waals surface area contributed by atoms with Crippen molar-refractivity contribution < 1.29 is 14.3 Å². The van der Waals surface area contributed by atoms with Crippen molar-refractivity contribution in [1.29, 1.82) is 0 Å². The first-order valence-corrected chi connectivity index (χ1v) is 12.1. The lowest BCUT2D eigenvalue weighted by Crippen LogP contribution is -2.35. The van der Waals surface area contributed by atoms with Crippen molar-refractivity contribution in [3.63, 3.8) is 0 Å². The summed E-state index contributed by atoms with van der Waals surface area (Å²) in [6.45, 7) is 0.400. The van der Waals surface area contributed by atoms with Crippen molar-refractivity contribution in [3.05, 3.63) is 108 Å². The lowest BCUT2D eigenvalue weighted by Gasteiger charge is -2.11. The van der Waals surface area contributed by atoms with Gasteiger partial charge in [-0.2, -0.15) is 0 Å². The van der Waals surface area contributed by atoms with Crippen LogP contribution in [-0.4, -0.2) is 35.0 Å². The number of aromatic amines is 1. The highest BCUT2D eigenvalue weighted by Gasteiger charge is 2.16. The number of para-hydroxylation sites is 1. The Labute approximate surface area is 214 Å². The van der Waals surface area contributed by atoms with Crippen LogP contribution in [0.15, 0.2) is 90.9 Å². The van der Waals surface area contributed by atoms with Crippen LogP contribution in [0.4, 0.5) is 0 Å². The van der Waals surface area contributed by atoms with E-state index in [1.54, 1.807) is 37.5 Å². The zero-order valence-corrected chi connectivity index (χ0v) is 20.7. The van der Waals surface area contributed by atoms with Crippen molar-refractivity contribution in [2.45, 2.75) is 6.42 Å². The van der Waals surface area contributed by atoms with Gasteiger partial charge in [0.05, 0.1) is 7.11 Å². The highest BCUT2D eigenvalue weighted by molar-refractivity contribution is 6.06. The fourth-order valence-corrected chi connectivity index (χ4v) is 4.48. The van der Waals surface area contributed by atoms with Crippen LogP contribution in [0.2, 0.25) is 0 Å². The summed E-state index contributed by atoms with van der Waals surface area (Å²) < 4.78 is 7.35. The molecule has 0 aliphatic rings. The number of ether oxygens (including phenoxy) is 1. The first-order valence-electron chi connectivity index (χ1n) is 12.1. The molecule has 0 fully saturated rings. The van der Waals surface area contributed by atoms with E-state index in [-0.39, 0.29) is 17.5 Å². The Morgan fingerprint density at radius 2 is 1.78 bits per heavy atom. The van der Waals surface area contributed by atoms with Gasteiger partial charge >= 0.3 is 0 Å². The summed E-state index contributed by atoms with van der Waals surface area (Å²) in [4.78, 5) is 29.5. The van der Waals surface area contributed by atoms with Gasteiger partial charge in [0, 0.05) is 58.9 Å². The number of H-pyrrole nitrogens is 1. The predicted molar refractivity (Wildman–Crippen MR) is 146 cm³/mol. The van der Waals surface area contributed by atoms with Crippen LogP contribution < -0.4 is 15.4 Å². The standard InChI is InChI=1S/C30H28N4O3/c1-34-19-22(24-10-6-7-11-28(24)34)16-27(33-29(35)20-8-4-3-5-9-20)30(36)31-15-14-21-18-32-26-13-12-23(37-2)17-25(21)26/h3-13,16-19,32H,14-15H2,1-2H3,(H,31,36)(H,33,35). The second-order valence-corrected chi connectivity index (χ2v) is 8.82. The molecule has 0 saturated carbocycles. The summed E-state index contributed by atoms with van der Waals surface area (Å²) in [5.74, 6) is 0.0851. The maximum atomic E-state index is 13.3. The maximum Gasteiger partial charge on any atom is 0.267 e. The minimum atomic E-state index is -0.352. The molecule has 3 aromatic carbocycles. The van der Waals surface area contributed by atoms with Gasteiger partial charge in [-0.25, -0.2) is 0 Å². The van der Waals surface area contributed by atoms with E-state index in [2.05, 4.69) is 15.6 Å². The molecular formula is C30H28N4O3. The molecular weight excluding hydrogens is 464 g/mol. The second-order valence-electron chi connectivity index (χ2n) is 8.82. The molecule has 2 heterocycles. The van der Waals surface area contributed by atoms with Crippen LogP contribution in [0.5, 0.6) is 5.75 Å². The molecule has 0 aliphatic heterocycles. The van der Waals surface area contributed by atoms with E-state index in [0.29, 0.717) is 18.5 Å². The Hall–Kier alpha value is -4.78. The van der Waals surface area contributed by atoms with Gasteiger partial charge in [-0.3, -0.25) is 9.59 Å². The van der Waals surface area contributed by atoms with Gasteiger partial charge in [-0.1, -0.05) is 36.4 Å². The lowest BCUT2D eigenvalue weighted by molar-refractivity contribution is -0.117. The van der Waals surface area contributed by atoms with E-state index in [4.69, 9.17) is 4.74 Å². The average molecular weight is 493 g/mol. The predicted octanol–water partition coefficient (Wildman–Crippen LogP) is 4.80. The maximum absolute atomic E-state index is 13.3. The van der Waals surface area contributed by atoms with Crippen LogP contribution in [0, 0.1) is 0 Å². The van der Waals surface area contributed by atoms with Crippen molar-refractivity contribution in [2.75, 3.05) is 13.7 Å². The van der Waals surface area contributed by atoms with E-state index in [0.717, 1.165) is 38.7 Å². The number of methoxy groups -OCH3 is 1. The minimum absolute atomic E-state index is 0.186. The zero-order chi connectivity index (χ0) is 25.8. The largest absolute Gasteiger partial charge is 0.497 e. The number of hydrogen-bond acceptors (Lipinski definition) is 3. The van der Waals surface area contributed by atoms with Gasteiger partial charge in [-0.05, 0) is 54.5 Å². The number of aryl methyl sites for hydroxylation is 1. The SMILES string of the molecule is COc1ccc2[nH]cc(CCNC(=O)C(=Cc3cn(C)c4ccccc34)NC(=O)c3ccccc3)c2c1. The number of nitrogens with one attached hydrogen (secondary N) is 3. The summed E-state index contributed by atoms with van der Waals surface area (Å²) >= 11 is 0. The van der Waals surface area contributed by atoms with Crippen molar-refractivity contribution >= 4 is 39.7 Å². The zero-order valence-electron chi connectivity index (χ0n) is 20.7. The van der Waals surface area contributed by atoms with Crippen molar-refractivity contribution in [2.24, 2.45) is 7.05 Å². The number of carbonyl (C=O) groups is 2. The quantitative estimate of drug-likeness (QED) is 0.272. The van der Waals surface area contributed by atoms with Crippen LogP contribution in [-0.2, 0) is 18.3 Å². The van der Waals surface area contributed by atoms with E-state index in [1.165, 1.54) is 0 Å². The third-order valence-corrected chi connectivity index (χ3v) is 6.41. The van der Waals surface area contributed by atoms with Crippen LogP contribution in [0.25, 0.3) is 27.9 Å². The van der Waals surface area contributed by atoms with Crippen molar-refractivity contribution in [3.8, 4) is 5.75 Å². The second kappa shape index (κ2) is 10.5. The Kier molecular flexibility index (Phi) is 6.76. The van der Waals surface area contributed by atoms with Gasteiger partial charge in [0.1, 0.15) is 11.4 Å². The highest BCUT2D eigenvalue weighted by Crippen LogP contribution is 2.24. The molecule has 2 amide bonds. The Morgan fingerprint density at radius 3 is 2.59 bits per heavy atom. The molecule has 2 aromatic heterocycles. The van der Waals surface area contributed by atoms with Crippen LogP contribution >= 0.6 is 0 Å². The van der Waals surface area contributed by atoms with Crippen LogP contribution in [0.1, 0.15) is 21.5 Å². The number of carbonyl (C=O) groups excluding carboxylic acids is 2. The van der Waals surface area contributed by atoms with Crippen molar-refractivity contribution in [1.82, 2.24) is 20.2 Å². The highest BCUT2D eigenvalue weighted by atomic mass is 16.5. The normalized spacial score (nSPS) is 11.6. The fourth-order valence-electron chi connectivity index (χ4n) is 4.48. The number of amides is 2. The van der Waals surface area contributed by atoms with Gasteiger partial charge in [0.2, 0.25) is 0 Å². The topological polar surface area (TPSA) is 88.2 Å². The van der Waals surface area contributed by atoms with E-state index >= 15 is 0 Å². The molecule has 5 rings (SSSR count). The lowest BCUT2D eigenvalue weighted by atomic mass is 10.1. The minimum Gasteiger partial charge on any atom is -0.497 e. The fraction of sp³-hybridized carbons (Fsp3) is 0.133. The smallest absolute Gasteiger partial charge is 0.267 e. The number of rotatable bonds is 8. The Bertz CT molecular complexity index is 1610. The molecule has 0 radical (unpaired) electrons. The van der Waals surface area contributed by atoms with Gasteiger partial charge in [0.15, 0.2) is 0 Å². The number of aromatic nitrogens is 2. The summed E-state index contributed by atoms with van der Waals surface area (Å²) in [6.07, 6.45) is 6.24. The molecule has 0 atom stereocenters. The van der Waals surface area contributed by atoms with E-state index in [1.807, 2.05) is 72.5 Å². The van der Waals surface area contributed by atoms with E-state index in [9.17, 15) is 9.59 Å². The van der Waals surface area contributed by atoms with Crippen LogP contribution in [0.3, 0.4) is 0 Å². The Balaban J connectivity index is 1.38. The first-order chi connectivity index (χ1) is 18.0. The molecule has 0 unspecified atom stereocenters. The van der Waals surface area contributed by atoms with Gasteiger partial charge < -0.3 is 24.9 Å². The van der Waals surface area contributed by atoms with Gasteiger partial charge in [-0.15, -0.1) is 0 Å².